The van der Waals surface area contributed by atoms with Crippen molar-refractivity contribution in [1.29, 1.82) is 0 Å². The average molecular weight is 298 g/mol. The third-order valence-corrected chi connectivity index (χ3v) is 4.31. The quantitative estimate of drug-likeness (QED) is 0.940. The van der Waals surface area contributed by atoms with Gasteiger partial charge < -0.3 is 10.2 Å². The molecule has 0 unspecified atom stereocenters. The maximum atomic E-state index is 12.3. The zero-order valence-corrected chi connectivity index (χ0v) is 13.1. The fraction of sp³-hybridized carbons (Fsp3) is 0.412. The molecule has 1 aromatic carbocycles. The van der Waals surface area contributed by atoms with E-state index in [1.54, 1.807) is 10.7 Å². The molecule has 1 N–H and O–H groups in total. The number of para-hydroxylation sites is 1. The third-order valence-electron chi connectivity index (χ3n) is 4.31. The summed E-state index contributed by atoms with van der Waals surface area (Å²) >= 11 is 0. The van der Waals surface area contributed by atoms with Gasteiger partial charge >= 0.3 is 0 Å². The van der Waals surface area contributed by atoms with E-state index < -0.39 is 0 Å². The Balaban J connectivity index is 1.63. The van der Waals surface area contributed by atoms with Crippen molar-refractivity contribution in [1.82, 2.24) is 20.0 Å². The molecule has 2 atom stereocenters. The van der Waals surface area contributed by atoms with Gasteiger partial charge in [-0.1, -0.05) is 18.2 Å². The van der Waals surface area contributed by atoms with Crippen molar-refractivity contribution in [2.75, 3.05) is 14.1 Å². The van der Waals surface area contributed by atoms with Crippen LogP contribution < -0.4 is 5.32 Å². The van der Waals surface area contributed by atoms with Crippen LogP contribution in [0.25, 0.3) is 5.69 Å². The summed E-state index contributed by atoms with van der Waals surface area (Å²) < 4.78 is 1.73. The van der Waals surface area contributed by atoms with Crippen LogP contribution in [-0.4, -0.2) is 46.8 Å². The van der Waals surface area contributed by atoms with E-state index in [9.17, 15) is 4.79 Å². The molecule has 2 aromatic rings. The molecule has 5 nitrogen and oxygen atoms in total. The lowest BCUT2D eigenvalue weighted by molar-refractivity contribution is 0.0931. The lowest BCUT2D eigenvalue weighted by atomic mass is 10.2. The van der Waals surface area contributed by atoms with Crippen LogP contribution in [0.15, 0.2) is 42.6 Å². The molecule has 22 heavy (non-hydrogen) atoms. The van der Waals surface area contributed by atoms with Gasteiger partial charge in [-0.25, -0.2) is 4.68 Å². The van der Waals surface area contributed by atoms with Crippen LogP contribution in [0.1, 0.15) is 29.8 Å². The lowest BCUT2D eigenvalue weighted by Gasteiger charge is -2.19. The van der Waals surface area contributed by atoms with E-state index in [0.717, 1.165) is 24.9 Å². The van der Waals surface area contributed by atoms with Gasteiger partial charge in [0.25, 0.3) is 5.91 Å². The van der Waals surface area contributed by atoms with Crippen LogP contribution in [0.2, 0.25) is 0 Å². The summed E-state index contributed by atoms with van der Waals surface area (Å²) in [5.41, 5.74) is 1.42. The Hall–Kier alpha value is -2.14. The highest BCUT2D eigenvalue weighted by Crippen LogP contribution is 2.22. The molecule has 1 aromatic heterocycles. The van der Waals surface area contributed by atoms with Gasteiger partial charge in [-0.2, -0.15) is 5.10 Å². The van der Waals surface area contributed by atoms with Gasteiger partial charge in [0.05, 0.1) is 5.69 Å². The fourth-order valence-electron chi connectivity index (χ4n) is 2.99. The Labute approximate surface area is 130 Å². The molecule has 1 aliphatic carbocycles. The van der Waals surface area contributed by atoms with Crippen molar-refractivity contribution in [3.8, 4) is 5.69 Å². The van der Waals surface area contributed by atoms with E-state index >= 15 is 0 Å². The maximum absolute atomic E-state index is 12.3. The maximum Gasteiger partial charge on any atom is 0.272 e. The van der Waals surface area contributed by atoms with Gasteiger partial charge in [-0.3, -0.25) is 4.79 Å². The molecule has 116 valence electrons. The van der Waals surface area contributed by atoms with Crippen LogP contribution in [-0.2, 0) is 0 Å². The molecule has 1 fully saturated rings. The number of rotatable bonds is 4. The summed E-state index contributed by atoms with van der Waals surface area (Å²) in [4.78, 5) is 14.6. The number of hydrogen-bond acceptors (Lipinski definition) is 3. The molecule has 0 radical (unpaired) electrons. The minimum atomic E-state index is -0.0842. The predicted octanol–water partition coefficient (Wildman–Crippen LogP) is 2.08. The number of aromatic nitrogens is 2. The monoisotopic (exact) mass is 298 g/mol. The zero-order valence-electron chi connectivity index (χ0n) is 13.1. The smallest absolute Gasteiger partial charge is 0.272 e. The second kappa shape index (κ2) is 6.32. The first kappa shape index (κ1) is 14.8. The van der Waals surface area contributed by atoms with Crippen LogP contribution in [0.3, 0.4) is 0 Å². The Kier molecular flexibility index (Phi) is 4.24. The molecule has 1 aliphatic rings. The summed E-state index contributed by atoms with van der Waals surface area (Å²) in [7, 11) is 4.19. The van der Waals surface area contributed by atoms with Crippen molar-refractivity contribution in [3.63, 3.8) is 0 Å². The molecule has 1 saturated carbocycles. The summed E-state index contributed by atoms with van der Waals surface area (Å²) in [5.74, 6) is -0.0842. The van der Waals surface area contributed by atoms with Crippen LogP contribution in [0.4, 0.5) is 0 Å². The molecule has 1 heterocycles. The molecule has 5 heteroatoms. The molecular formula is C17H22N4O. The van der Waals surface area contributed by atoms with E-state index in [1.807, 2.05) is 36.5 Å². The van der Waals surface area contributed by atoms with E-state index in [1.165, 1.54) is 0 Å². The molecule has 0 aliphatic heterocycles. The van der Waals surface area contributed by atoms with E-state index in [0.29, 0.717) is 11.7 Å². The first-order valence-electron chi connectivity index (χ1n) is 7.72. The Morgan fingerprint density at radius 2 is 2.00 bits per heavy atom. The van der Waals surface area contributed by atoms with Crippen LogP contribution >= 0.6 is 0 Å². The minimum Gasteiger partial charge on any atom is -0.348 e. The van der Waals surface area contributed by atoms with E-state index in [2.05, 4.69) is 29.4 Å². The highest BCUT2D eigenvalue weighted by Gasteiger charge is 2.27. The Bertz CT molecular complexity index is 635. The molecule has 0 bridgehead atoms. The first-order chi connectivity index (χ1) is 10.6. The molecular weight excluding hydrogens is 276 g/mol. The summed E-state index contributed by atoms with van der Waals surface area (Å²) in [6.45, 7) is 0. The predicted molar refractivity (Wildman–Crippen MR) is 86.1 cm³/mol. The number of benzene rings is 1. The number of nitrogens with zero attached hydrogens (tertiary/aromatic N) is 3. The summed E-state index contributed by atoms with van der Waals surface area (Å²) in [6, 6.07) is 12.4. The van der Waals surface area contributed by atoms with Crippen LogP contribution in [0.5, 0.6) is 0 Å². The largest absolute Gasteiger partial charge is 0.348 e. The number of amides is 1. The van der Waals surface area contributed by atoms with Crippen molar-refractivity contribution >= 4 is 5.91 Å². The Morgan fingerprint density at radius 3 is 2.68 bits per heavy atom. The fourth-order valence-corrected chi connectivity index (χ4v) is 2.99. The minimum absolute atomic E-state index is 0.0842. The van der Waals surface area contributed by atoms with Gasteiger partial charge in [-0.15, -0.1) is 0 Å². The van der Waals surface area contributed by atoms with E-state index in [4.69, 9.17) is 0 Å². The van der Waals surface area contributed by atoms with Crippen molar-refractivity contribution in [2.24, 2.45) is 0 Å². The van der Waals surface area contributed by atoms with Crippen molar-refractivity contribution in [2.45, 2.75) is 31.3 Å². The topological polar surface area (TPSA) is 50.2 Å². The highest BCUT2D eigenvalue weighted by molar-refractivity contribution is 5.92. The van der Waals surface area contributed by atoms with Gasteiger partial charge in [-0.05, 0) is 51.6 Å². The standard InChI is InChI=1S/C17H22N4O/c1-20(2)15-9-8-13(12-15)18-17(22)16-10-11-21(19-16)14-6-4-3-5-7-14/h3-7,10-11,13,15H,8-9,12H2,1-2H3,(H,18,22)/t13-,15+/m0/s1. The second-order valence-electron chi connectivity index (χ2n) is 6.08. The molecule has 1 amide bonds. The first-order valence-corrected chi connectivity index (χ1v) is 7.72. The highest BCUT2D eigenvalue weighted by atomic mass is 16.2. The number of hydrogen-bond donors (Lipinski definition) is 1. The molecule has 3 rings (SSSR count). The normalized spacial score (nSPS) is 21.2. The van der Waals surface area contributed by atoms with Crippen molar-refractivity contribution < 1.29 is 4.79 Å². The SMILES string of the molecule is CN(C)[C@@H]1CC[C@H](NC(=O)c2ccn(-c3ccccc3)n2)C1. The lowest BCUT2D eigenvalue weighted by Crippen LogP contribution is -2.35. The number of carbonyl (C=O) groups is 1. The van der Waals surface area contributed by atoms with E-state index in [-0.39, 0.29) is 11.9 Å². The van der Waals surface area contributed by atoms with Crippen molar-refractivity contribution in [3.05, 3.63) is 48.3 Å². The summed E-state index contributed by atoms with van der Waals surface area (Å²) in [6.07, 6.45) is 5.00. The van der Waals surface area contributed by atoms with Gasteiger partial charge in [0, 0.05) is 18.3 Å². The molecule has 0 saturated heterocycles. The second-order valence-corrected chi connectivity index (χ2v) is 6.08. The number of carbonyl (C=O) groups excluding carboxylic acids is 1. The Morgan fingerprint density at radius 1 is 1.23 bits per heavy atom. The molecule has 0 spiro atoms. The van der Waals surface area contributed by atoms with Crippen LogP contribution in [0, 0.1) is 0 Å². The number of nitrogens with one attached hydrogen (secondary N) is 1. The van der Waals surface area contributed by atoms with Gasteiger partial charge in [0.1, 0.15) is 0 Å². The zero-order chi connectivity index (χ0) is 15.5. The van der Waals surface area contributed by atoms with Gasteiger partial charge in [0.15, 0.2) is 5.69 Å². The summed E-state index contributed by atoms with van der Waals surface area (Å²) in [5, 5.41) is 7.47. The van der Waals surface area contributed by atoms with Gasteiger partial charge in [0.2, 0.25) is 0 Å². The average Bonchev–Trinajstić information content (AvgIpc) is 3.17. The third kappa shape index (κ3) is 3.20.